The lowest BCUT2D eigenvalue weighted by molar-refractivity contribution is 0.239. The fraction of sp³-hybridized carbons (Fsp3) is 0.714. The molecule has 0 radical (unpaired) electrons. The Hall–Kier alpha value is -0.600. The lowest BCUT2D eigenvalue weighted by atomic mass is 10.1. The van der Waals surface area contributed by atoms with Crippen molar-refractivity contribution in [3.05, 3.63) is 23.8 Å². The summed E-state index contributed by atoms with van der Waals surface area (Å²) in [6.07, 6.45) is 10.4. The van der Waals surface area contributed by atoms with Crippen molar-refractivity contribution in [1.29, 1.82) is 0 Å². The van der Waals surface area contributed by atoms with Gasteiger partial charge in [-0.05, 0) is 32.7 Å². The summed E-state index contributed by atoms with van der Waals surface area (Å²) in [6, 6.07) is 0. The second-order valence-electron chi connectivity index (χ2n) is 4.38. The van der Waals surface area contributed by atoms with Gasteiger partial charge in [0, 0.05) is 26.2 Å². The molecule has 0 atom stereocenters. The van der Waals surface area contributed by atoms with E-state index >= 15 is 0 Å². The second-order valence-corrected chi connectivity index (χ2v) is 4.38. The number of hydrogen-bond donors (Lipinski definition) is 1. The van der Waals surface area contributed by atoms with Gasteiger partial charge in [0.05, 0.1) is 0 Å². The molecule has 1 heterocycles. The molecule has 1 N–H and O–H groups in total. The Morgan fingerprint density at radius 2 is 2.06 bits per heavy atom. The molecule has 0 unspecified atom stereocenters. The number of hydrogen-bond acceptors (Lipinski definition) is 2. The molecule has 0 spiro atoms. The molecule has 2 nitrogen and oxygen atoms in total. The van der Waals surface area contributed by atoms with Gasteiger partial charge in [0.25, 0.3) is 0 Å². The SMILES string of the molecule is C/C=C\C(=C/CC)CCCN1CCNCC1. The second kappa shape index (κ2) is 8.54. The number of allylic oxidation sites excluding steroid dienone is 4. The highest BCUT2D eigenvalue weighted by molar-refractivity contribution is 5.17. The fourth-order valence-corrected chi connectivity index (χ4v) is 2.17. The summed E-state index contributed by atoms with van der Waals surface area (Å²) in [4.78, 5) is 2.57. The van der Waals surface area contributed by atoms with E-state index in [0.717, 1.165) is 19.5 Å². The zero-order valence-corrected chi connectivity index (χ0v) is 10.8. The molecule has 0 bridgehead atoms. The van der Waals surface area contributed by atoms with Crippen LogP contribution >= 0.6 is 0 Å². The molecule has 0 aromatic carbocycles. The molecule has 1 saturated heterocycles. The summed E-state index contributed by atoms with van der Waals surface area (Å²) >= 11 is 0. The van der Waals surface area contributed by atoms with Crippen molar-refractivity contribution in [3.63, 3.8) is 0 Å². The minimum Gasteiger partial charge on any atom is -0.314 e. The van der Waals surface area contributed by atoms with Gasteiger partial charge in [-0.2, -0.15) is 0 Å². The van der Waals surface area contributed by atoms with Crippen LogP contribution in [0.5, 0.6) is 0 Å². The first kappa shape index (κ1) is 13.5. The van der Waals surface area contributed by atoms with Gasteiger partial charge in [-0.15, -0.1) is 0 Å². The Bertz CT molecular complexity index is 225. The van der Waals surface area contributed by atoms with E-state index in [0.29, 0.717) is 0 Å². The van der Waals surface area contributed by atoms with Crippen molar-refractivity contribution in [2.24, 2.45) is 0 Å². The van der Waals surface area contributed by atoms with Crippen LogP contribution in [0.3, 0.4) is 0 Å². The van der Waals surface area contributed by atoms with Gasteiger partial charge in [0.2, 0.25) is 0 Å². The average Bonchev–Trinajstić information content (AvgIpc) is 2.31. The maximum absolute atomic E-state index is 3.39. The highest BCUT2D eigenvalue weighted by Crippen LogP contribution is 2.09. The topological polar surface area (TPSA) is 15.3 Å². The van der Waals surface area contributed by atoms with Crippen LogP contribution in [0.2, 0.25) is 0 Å². The van der Waals surface area contributed by atoms with Gasteiger partial charge < -0.3 is 10.2 Å². The number of rotatable bonds is 6. The summed E-state index contributed by atoms with van der Waals surface area (Å²) in [7, 11) is 0. The predicted molar refractivity (Wildman–Crippen MR) is 71.7 cm³/mol. The van der Waals surface area contributed by atoms with E-state index in [2.05, 4.69) is 42.3 Å². The summed E-state index contributed by atoms with van der Waals surface area (Å²) in [5.41, 5.74) is 1.50. The lowest BCUT2D eigenvalue weighted by Gasteiger charge is -2.27. The van der Waals surface area contributed by atoms with Crippen LogP contribution in [0.1, 0.15) is 33.1 Å². The minimum absolute atomic E-state index is 1.15. The van der Waals surface area contributed by atoms with Crippen LogP contribution in [0.15, 0.2) is 23.8 Å². The van der Waals surface area contributed by atoms with Crippen LogP contribution in [0.25, 0.3) is 0 Å². The van der Waals surface area contributed by atoms with Gasteiger partial charge in [-0.1, -0.05) is 30.7 Å². The predicted octanol–water partition coefficient (Wildman–Crippen LogP) is 2.58. The quantitative estimate of drug-likeness (QED) is 0.695. The standard InChI is InChI=1S/C14H26N2/c1-3-6-14(7-4-2)8-5-11-16-12-9-15-10-13-16/h3,6-7,15H,4-5,8-13H2,1-2H3/b6-3-,14-7+. The first-order valence-electron chi connectivity index (χ1n) is 6.61. The Morgan fingerprint density at radius 3 is 2.69 bits per heavy atom. The first-order chi connectivity index (χ1) is 7.86. The molecule has 1 aliphatic rings. The summed E-state index contributed by atoms with van der Waals surface area (Å²) in [5.74, 6) is 0. The third-order valence-corrected chi connectivity index (χ3v) is 3.00. The molecule has 0 saturated carbocycles. The molecule has 2 heteroatoms. The maximum Gasteiger partial charge on any atom is 0.0107 e. The number of nitrogens with one attached hydrogen (secondary N) is 1. The van der Waals surface area contributed by atoms with Crippen molar-refractivity contribution in [3.8, 4) is 0 Å². The molecule has 1 aliphatic heterocycles. The third kappa shape index (κ3) is 5.47. The third-order valence-electron chi connectivity index (χ3n) is 3.00. The molecule has 0 aliphatic carbocycles. The largest absolute Gasteiger partial charge is 0.314 e. The highest BCUT2D eigenvalue weighted by atomic mass is 15.2. The number of piperazine rings is 1. The van der Waals surface area contributed by atoms with E-state index in [1.807, 2.05) is 0 Å². The Kier molecular flexibility index (Phi) is 7.19. The van der Waals surface area contributed by atoms with Gasteiger partial charge in [-0.25, -0.2) is 0 Å². The fourth-order valence-electron chi connectivity index (χ4n) is 2.17. The molecule has 0 amide bonds. The van der Waals surface area contributed by atoms with E-state index in [-0.39, 0.29) is 0 Å². The number of nitrogens with zero attached hydrogens (tertiary/aromatic N) is 1. The maximum atomic E-state index is 3.39. The van der Waals surface area contributed by atoms with Gasteiger partial charge >= 0.3 is 0 Å². The molecule has 92 valence electrons. The van der Waals surface area contributed by atoms with E-state index < -0.39 is 0 Å². The zero-order chi connectivity index (χ0) is 11.6. The van der Waals surface area contributed by atoms with Gasteiger partial charge in [0.15, 0.2) is 0 Å². The normalized spacial score (nSPS) is 19.5. The van der Waals surface area contributed by atoms with E-state index in [1.165, 1.54) is 38.0 Å². The Labute approximate surface area is 100 Å². The van der Waals surface area contributed by atoms with E-state index in [4.69, 9.17) is 0 Å². The minimum atomic E-state index is 1.15. The highest BCUT2D eigenvalue weighted by Gasteiger charge is 2.08. The lowest BCUT2D eigenvalue weighted by Crippen LogP contribution is -2.43. The summed E-state index contributed by atoms with van der Waals surface area (Å²) in [5, 5.41) is 3.39. The van der Waals surface area contributed by atoms with Crippen LogP contribution < -0.4 is 5.32 Å². The van der Waals surface area contributed by atoms with E-state index in [9.17, 15) is 0 Å². The smallest absolute Gasteiger partial charge is 0.0107 e. The average molecular weight is 222 g/mol. The van der Waals surface area contributed by atoms with Crippen LogP contribution in [0, 0.1) is 0 Å². The molecular weight excluding hydrogens is 196 g/mol. The van der Waals surface area contributed by atoms with Crippen LogP contribution in [-0.2, 0) is 0 Å². The molecule has 0 aromatic heterocycles. The Balaban J connectivity index is 2.19. The Morgan fingerprint density at radius 1 is 1.31 bits per heavy atom. The molecule has 0 aromatic rings. The van der Waals surface area contributed by atoms with Crippen LogP contribution in [-0.4, -0.2) is 37.6 Å². The van der Waals surface area contributed by atoms with Crippen molar-refractivity contribution in [1.82, 2.24) is 10.2 Å². The summed E-state index contributed by atoms with van der Waals surface area (Å²) < 4.78 is 0. The van der Waals surface area contributed by atoms with Crippen molar-refractivity contribution in [2.75, 3.05) is 32.7 Å². The van der Waals surface area contributed by atoms with Gasteiger partial charge in [-0.3, -0.25) is 0 Å². The van der Waals surface area contributed by atoms with E-state index in [1.54, 1.807) is 0 Å². The van der Waals surface area contributed by atoms with Crippen LogP contribution in [0.4, 0.5) is 0 Å². The molecule has 1 fully saturated rings. The first-order valence-corrected chi connectivity index (χ1v) is 6.61. The summed E-state index contributed by atoms with van der Waals surface area (Å²) in [6.45, 7) is 10.3. The molecule has 1 rings (SSSR count). The monoisotopic (exact) mass is 222 g/mol. The van der Waals surface area contributed by atoms with Crippen molar-refractivity contribution >= 4 is 0 Å². The van der Waals surface area contributed by atoms with Crippen molar-refractivity contribution in [2.45, 2.75) is 33.1 Å². The molecular formula is C14H26N2. The van der Waals surface area contributed by atoms with Crippen molar-refractivity contribution < 1.29 is 0 Å². The van der Waals surface area contributed by atoms with Gasteiger partial charge in [0.1, 0.15) is 0 Å². The zero-order valence-electron chi connectivity index (χ0n) is 10.8. The molecule has 16 heavy (non-hydrogen) atoms.